The third kappa shape index (κ3) is 2.30. The minimum absolute atomic E-state index is 0.999. The first-order valence-corrected chi connectivity index (χ1v) is 5.14. The number of nitrogens with one attached hydrogen (secondary N) is 1. The molecule has 1 aromatic rings. The highest BCUT2D eigenvalue weighted by atomic mass is 15.3. The van der Waals surface area contributed by atoms with Crippen LogP contribution in [0.5, 0.6) is 0 Å². The summed E-state index contributed by atoms with van der Waals surface area (Å²) in [6, 6.07) is 0. The van der Waals surface area contributed by atoms with Gasteiger partial charge in [-0.05, 0) is 6.92 Å². The van der Waals surface area contributed by atoms with Crippen LogP contribution in [0.4, 0.5) is 0 Å². The third-order valence-corrected chi connectivity index (χ3v) is 2.68. The largest absolute Gasteiger partial charge is 0.317 e. The maximum Gasteiger partial charge on any atom is 0.129 e. The summed E-state index contributed by atoms with van der Waals surface area (Å²) in [4.78, 5) is 2.47. The average molecular weight is 195 g/mol. The zero-order valence-corrected chi connectivity index (χ0v) is 8.61. The minimum Gasteiger partial charge on any atom is -0.317 e. The van der Waals surface area contributed by atoms with Crippen molar-refractivity contribution in [2.24, 2.45) is 0 Å². The first-order chi connectivity index (χ1) is 6.86. The molecule has 0 aromatic carbocycles. The van der Waals surface area contributed by atoms with Crippen LogP contribution in [-0.4, -0.2) is 52.4 Å². The monoisotopic (exact) mass is 195 g/mol. The Labute approximate surface area is 84.1 Å². The van der Waals surface area contributed by atoms with Crippen LogP contribution in [0.3, 0.4) is 0 Å². The van der Waals surface area contributed by atoms with Crippen molar-refractivity contribution in [3.63, 3.8) is 0 Å². The van der Waals surface area contributed by atoms with E-state index in [-0.39, 0.29) is 0 Å². The predicted molar refractivity (Wildman–Crippen MR) is 54.1 cm³/mol. The molecule has 1 N–H and O–H groups in total. The van der Waals surface area contributed by atoms with E-state index in [4.69, 9.17) is 0 Å². The molecule has 0 saturated carbocycles. The van der Waals surface area contributed by atoms with E-state index >= 15 is 0 Å². The highest BCUT2D eigenvalue weighted by Gasteiger charge is 2.09. The Morgan fingerprint density at radius 2 is 2.14 bits per heavy atom. The standard InChI is InChI=1S/C9H17N5/c1-9-12-11-8-14(9)7-6-13-4-2-10-3-5-13/h8,10H,2-7H2,1H3. The summed E-state index contributed by atoms with van der Waals surface area (Å²) in [6.45, 7) is 8.62. The van der Waals surface area contributed by atoms with Crippen LogP contribution in [0.1, 0.15) is 5.82 Å². The molecule has 14 heavy (non-hydrogen) atoms. The van der Waals surface area contributed by atoms with Gasteiger partial charge in [0.15, 0.2) is 0 Å². The van der Waals surface area contributed by atoms with E-state index < -0.39 is 0 Å². The Kier molecular flexibility index (Phi) is 3.10. The molecular weight excluding hydrogens is 178 g/mol. The maximum absolute atomic E-state index is 3.96. The Hall–Kier alpha value is -0.940. The van der Waals surface area contributed by atoms with Crippen molar-refractivity contribution < 1.29 is 0 Å². The van der Waals surface area contributed by atoms with Crippen molar-refractivity contribution in [3.05, 3.63) is 12.2 Å². The van der Waals surface area contributed by atoms with Gasteiger partial charge in [0.1, 0.15) is 12.2 Å². The van der Waals surface area contributed by atoms with Crippen LogP contribution in [0.15, 0.2) is 6.33 Å². The number of piperazine rings is 1. The molecule has 78 valence electrons. The van der Waals surface area contributed by atoms with Crippen LogP contribution in [0.2, 0.25) is 0 Å². The quantitative estimate of drug-likeness (QED) is 0.706. The summed E-state index contributed by atoms with van der Waals surface area (Å²) in [5.74, 6) is 1.00. The fraction of sp³-hybridized carbons (Fsp3) is 0.778. The van der Waals surface area contributed by atoms with Crippen molar-refractivity contribution in [3.8, 4) is 0 Å². The molecule has 5 nitrogen and oxygen atoms in total. The van der Waals surface area contributed by atoms with Gasteiger partial charge >= 0.3 is 0 Å². The summed E-state index contributed by atoms with van der Waals surface area (Å²) in [7, 11) is 0. The second-order valence-corrected chi connectivity index (χ2v) is 3.66. The van der Waals surface area contributed by atoms with Crippen LogP contribution in [-0.2, 0) is 6.54 Å². The van der Waals surface area contributed by atoms with Gasteiger partial charge in [-0.25, -0.2) is 0 Å². The molecule has 5 heteroatoms. The molecule has 0 unspecified atom stereocenters. The summed E-state index contributed by atoms with van der Waals surface area (Å²) in [5.41, 5.74) is 0. The molecule has 1 aliphatic heterocycles. The molecule has 2 heterocycles. The SMILES string of the molecule is Cc1nncn1CCN1CCNCC1. The van der Waals surface area contributed by atoms with Gasteiger partial charge in [0.25, 0.3) is 0 Å². The molecule has 0 spiro atoms. The molecule has 1 fully saturated rings. The molecule has 1 saturated heterocycles. The number of hydrogen-bond acceptors (Lipinski definition) is 4. The Morgan fingerprint density at radius 1 is 1.36 bits per heavy atom. The van der Waals surface area contributed by atoms with Crippen LogP contribution < -0.4 is 5.32 Å². The van der Waals surface area contributed by atoms with Crippen molar-refractivity contribution in [2.45, 2.75) is 13.5 Å². The number of aryl methyl sites for hydroxylation is 1. The summed E-state index contributed by atoms with van der Waals surface area (Å²) < 4.78 is 2.10. The van der Waals surface area contributed by atoms with Gasteiger partial charge in [-0.2, -0.15) is 0 Å². The van der Waals surface area contributed by atoms with Gasteiger partial charge in [-0.1, -0.05) is 0 Å². The van der Waals surface area contributed by atoms with Gasteiger partial charge in [0, 0.05) is 39.3 Å². The molecule has 0 bridgehead atoms. The number of rotatable bonds is 3. The van der Waals surface area contributed by atoms with Gasteiger partial charge in [-0.15, -0.1) is 10.2 Å². The predicted octanol–water partition coefficient (Wildman–Crippen LogP) is -0.508. The zero-order chi connectivity index (χ0) is 9.80. The molecule has 0 radical (unpaired) electrons. The maximum atomic E-state index is 3.96. The second kappa shape index (κ2) is 4.52. The summed E-state index contributed by atoms with van der Waals surface area (Å²) in [6.07, 6.45) is 1.80. The lowest BCUT2D eigenvalue weighted by Crippen LogP contribution is -2.44. The zero-order valence-electron chi connectivity index (χ0n) is 8.61. The number of nitrogens with zero attached hydrogens (tertiary/aromatic N) is 4. The first kappa shape index (κ1) is 9.61. The first-order valence-electron chi connectivity index (χ1n) is 5.14. The molecule has 1 aromatic heterocycles. The third-order valence-electron chi connectivity index (χ3n) is 2.68. The second-order valence-electron chi connectivity index (χ2n) is 3.66. The summed E-state index contributed by atoms with van der Waals surface area (Å²) in [5, 5.41) is 11.2. The van der Waals surface area contributed by atoms with Crippen molar-refractivity contribution in [1.29, 1.82) is 0 Å². The molecule has 0 atom stereocenters. The van der Waals surface area contributed by atoms with Gasteiger partial charge in [-0.3, -0.25) is 4.90 Å². The van der Waals surface area contributed by atoms with Gasteiger partial charge in [0.2, 0.25) is 0 Å². The molecule has 0 amide bonds. The lowest BCUT2D eigenvalue weighted by atomic mass is 10.3. The number of aromatic nitrogens is 3. The average Bonchev–Trinajstić information content (AvgIpc) is 2.63. The fourth-order valence-electron chi connectivity index (χ4n) is 1.72. The summed E-state index contributed by atoms with van der Waals surface area (Å²) >= 11 is 0. The molecule has 0 aliphatic carbocycles. The van der Waals surface area contributed by atoms with Gasteiger partial charge < -0.3 is 9.88 Å². The Bertz CT molecular complexity index is 276. The normalized spacial score (nSPS) is 18.6. The number of hydrogen-bond donors (Lipinski definition) is 1. The van der Waals surface area contributed by atoms with E-state index in [1.165, 1.54) is 0 Å². The van der Waals surface area contributed by atoms with Crippen LogP contribution in [0.25, 0.3) is 0 Å². The Balaban J connectivity index is 1.79. The lowest BCUT2D eigenvalue weighted by molar-refractivity contribution is 0.232. The van der Waals surface area contributed by atoms with E-state index in [0.717, 1.165) is 45.1 Å². The molecule has 2 rings (SSSR count). The highest BCUT2D eigenvalue weighted by Crippen LogP contribution is 1.96. The molecule has 1 aliphatic rings. The lowest BCUT2D eigenvalue weighted by Gasteiger charge is -2.27. The van der Waals surface area contributed by atoms with Gasteiger partial charge in [0.05, 0.1) is 0 Å². The van der Waals surface area contributed by atoms with E-state index in [1.54, 1.807) is 6.33 Å². The van der Waals surface area contributed by atoms with E-state index in [9.17, 15) is 0 Å². The van der Waals surface area contributed by atoms with Crippen molar-refractivity contribution in [2.75, 3.05) is 32.7 Å². The Morgan fingerprint density at radius 3 is 2.79 bits per heavy atom. The smallest absolute Gasteiger partial charge is 0.129 e. The van der Waals surface area contributed by atoms with E-state index in [2.05, 4.69) is 25.0 Å². The highest BCUT2D eigenvalue weighted by molar-refractivity contribution is 4.80. The van der Waals surface area contributed by atoms with Crippen LogP contribution in [0, 0.1) is 6.92 Å². The molecular formula is C9H17N5. The minimum atomic E-state index is 0.999. The van der Waals surface area contributed by atoms with Crippen molar-refractivity contribution >= 4 is 0 Å². The van der Waals surface area contributed by atoms with E-state index in [0.29, 0.717) is 0 Å². The topological polar surface area (TPSA) is 46.0 Å². The fourth-order valence-corrected chi connectivity index (χ4v) is 1.72. The van der Waals surface area contributed by atoms with Crippen molar-refractivity contribution in [1.82, 2.24) is 25.0 Å². The van der Waals surface area contributed by atoms with Crippen LogP contribution >= 0.6 is 0 Å². The van der Waals surface area contributed by atoms with E-state index in [1.807, 2.05) is 6.92 Å².